The Labute approximate surface area is 261 Å². The number of aliphatic hydroxyl groups is 8. The molecular formula is C31H58O13. The number of hydrogen-bond donors (Lipinski definition) is 8. The average Bonchev–Trinajstić information content (AvgIpc) is 3.02. The van der Waals surface area contributed by atoms with E-state index < -0.39 is 92.6 Å². The zero-order chi connectivity index (χ0) is 32.6. The summed E-state index contributed by atoms with van der Waals surface area (Å²) in [4.78, 5) is 12.6. The van der Waals surface area contributed by atoms with Gasteiger partial charge in [-0.05, 0) is 13.3 Å². The summed E-state index contributed by atoms with van der Waals surface area (Å²) in [7, 11) is 0. The van der Waals surface area contributed by atoms with Crippen molar-refractivity contribution < 1.29 is 64.6 Å². The van der Waals surface area contributed by atoms with Crippen LogP contribution in [0.4, 0.5) is 0 Å². The Hall–Kier alpha value is -0.970. The molecule has 0 saturated carbocycles. The second-order valence-electron chi connectivity index (χ2n) is 12.4. The lowest BCUT2D eigenvalue weighted by molar-refractivity contribution is -0.376. The van der Waals surface area contributed by atoms with Crippen molar-refractivity contribution in [2.75, 3.05) is 13.2 Å². The van der Waals surface area contributed by atoms with E-state index in [9.17, 15) is 45.6 Å². The van der Waals surface area contributed by atoms with Gasteiger partial charge in [-0.15, -0.1) is 0 Å². The SMILES string of the molecule is CCCCCCCCCCCCCCC[C@H](O)[C@H](C)C(=O)OC[C@H]1O[C@H](O[C@H]2O[C@H](CO)[C@@H](O)[C@H](O)[C@H]2O)[C@H](O)[C@@H](O)[C@@H]1O. The van der Waals surface area contributed by atoms with Gasteiger partial charge in [-0.25, -0.2) is 0 Å². The number of esters is 1. The lowest BCUT2D eigenvalue weighted by Gasteiger charge is -2.44. The predicted molar refractivity (Wildman–Crippen MR) is 158 cm³/mol. The van der Waals surface area contributed by atoms with E-state index in [2.05, 4.69) is 6.92 Å². The minimum Gasteiger partial charge on any atom is -0.463 e. The molecule has 13 heteroatoms. The highest BCUT2D eigenvalue weighted by molar-refractivity contribution is 5.72. The number of aliphatic hydroxyl groups excluding tert-OH is 8. The Morgan fingerprint density at radius 2 is 1.09 bits per heavy atom. The van der Waals surface area contributed by atoms with Gasteiger partial charge in [0.15, 0.2) is 12.6 Å². The highest BCUT2D eigenvalue weighted by Crippen LogP contribution is 2.28. The third-order valence-corrected chi connectivity index (χ3v) is 8.73. The Balaban J connectivity index is 1.68. The van der Waals surface area contributed by atoms with E-state index in [0.29, 0.717) is 6.42 Å². The standard InChI is InChI=1S/C31H58O13/c1-3-4-5-6-7-8-9-10-11-12-13-14-15-16-20(33)19(2)29(40)41-18-22-24(35)26(37)28(39)31(43-22)44-30-27(38)25(36)23(34)21(17-32)42-30/h19-28,30-39H,3-18H2,1-2H3/t19-,20-,21+,22+,23+,24+,25-,26-,27+,28+,30+,31+/m0/s1. The van der Waals surface area contributed by atoms with E-state index in [0.717, 1.165) is 25.7 Å². The van der Waals surface area contributed by atoms with E-state index in [1.54, 1.807) is 0 Å². The monoisotopic (exact) mass is 638 g/mol. The first kappa shape index (κ1) is 39.2. The van der Waals surface area contributed by atoms with Crippen molar-refractivity contribution in [1.82, 2.24) is 0 Å². The summed E-state index contributed by atoms with van der Waals surface area (Å²) in [6, 6.07) is 0. The number of rotatable bonds is 21. The lowest BCUT2D eigenvalue weighted by atomic mass is 9.97. The molecule has 0 aromatic heterocycles. The molecule has 260 valence electrons. The maximum atomic E-state index is 12.6. The number of carbonyl (C=O) groups is 1. The topological polar surface area (TPSA) is 216 Å². The van der Waals surface area contributed by atoms with Crippen molar-refractivity contribution in [1.29, 1.82) is 0 Å². The van der Waals surface area contributed by atoms with E-state index >= 15 is 0 Å². The first-order chi connectivity index (χ1) is 21.0. The molecule has 0 bridgehead atoms. The van der Waals surface area contributed by atoms with Gasteiger partial charge in [0, 0.05) is 0 Å². The minimum atomic E-state index is -1.81. The molecule has 0 unspecified atom stereocenters. The maximum Gasteiger partial charge on any atom is 0.311 e. The third kappa shape index (κ3) is 12.3. The number of carbonyl (C=O) groups excluding carboxylic acids is 1. The molecule has 13 nitrogen and oxygen atoms in total. The van der Waals surface area contributed by atoms with Crippen LogP contribution in [0.5, 0.6) is 0 Å². The van der Waals surface area contributed by atoms with Crippen molar-refractivity contribution in [3.05, 3.63) is 0 Å². The van der Waals surface area contributed by atoms with Crippen LogP contribution in [0.1, 0.15) is 104 Å². The molecule has 2 heterocycles. The summed E-state index contributed by atoms with van der Waals surface area (Å²) in [5.74, 6) is -1.57. The minimum absolute atomic E-state index is 0.441. The molecule has 8 N–H and O–H groups in total. The zero-order valence-electron chi connectivity index (χ0n) is 26.4. The highest BCUT2D eigenvalue weighted by Gasteiger charge is 2.50. The van der Waals surface area contributed by atoms with Gasteiger partial charge in [0.2, 0.25) is 0 Å². The number of unbranched alkanes of at least 4 members (excludes halogenated alkanes) is 12. The van der Waals surface area contributed by atoms with Crippen LogP contribution in [0.25, 0.3) is 0 Å². The quantitative estimate of drug-likeness (QED) is 0.0640. The van der Waals surface area contributed by atoms with Crippen LogP contribution in [0.15, 0.2) is 0 Å². The Bertz CT molecular complexity index is 771. The van der Waals surface area contributed by atoms with Gasteiger partial charge in [-0.3, -0.25) is 4.79 Å². The van der Waals surface area contributed by atoms with Gasteiger partial charge in [-0.1, -0.05) is 90.4 Å². The van der Waals surface area contributed by atoms with Crippen LogP contribution in [0.3, 0.4) is 0 Å². The van der Waals surface area contributed by atoms with Crippen LogP contribution in [0.2, 0.25) is 0 Å². The summed E-state index contributed by atoms with van der Waals surface area (Å²) in [6.07, 6.45) is -1.21. The van der Waals surface area contributed by atoms with Crippen molar-refractivity contribution in [3.63, 3.8) is 0 Å². The first-order valence-corrected chi connectivity index (χ1v) is 16.5. The summed E-state index contributed by atoms with van der Waals surface area (Å²) < 4.78 is 21.4. The summed E-state index contributed by atoms with van der Waals surface area (Å²) in [5.41, 5.74) is 0. The van der Waals surface area contributed by atoms with E-state index in [1.807, 2.05) is 0 Å². The molecule has 2 aliphatic heterocycles. The fraction of sp³-hybridized carbons (Fsp3) is 0.968. The number of ether oxygens (including phenoxy) is 4. The predicted octanol–water partition coefficient (Wildman–Crippen LogP) is 0.632. The second kappa shape index (κ2) is 21.0. The van der Waals surface area contributed by atoms with Crippen molar-refractivity contribution in [3.8, 4) is 0 Å². The average molecular weight is 639 g/mol. The van der Waals surface area contributed by atoms with Gasteiger partial charge < -0.3 is 59.8 Å². The first-order valence-electron chi connectivity index (χ1n) is 16.5. The molecule has 2 aliphatic rings. The Morgan fingerprint density at radius 3 is 1.57 bits per heavy atom. The second-order valence-corrected chi connectivity index (χ2v) is 12.4. The van der Waals surface area contributed by atoms with E-state index in [4.69, 9.17) is 18.9 Å². The lowest BCUT2D eigenvalue weighted by Crippen LogP contribution is -2.63. The molecule has 12 atom stereocenters. The Kier molecular flexibility index (Phi) is 18.7. The van der Waals surface area contributed by atoms with Crippen molar-refractivity contribution >= 4 is 5.97 Å². The zero-order valence-corrected chi connectivity index (χ0v) is 26.4. The molecule has 44 heavy (non-hydrogen) atoms. The van der Waals surface area contributed by atoms with Crippen LogP contribution < -0.4 is 0 Å². The molecule has 0 amide bonds. The summed E-state index contributed by atoms with van der Waals surface area (Å²) >= 11 is 0. The smallest absolute Gasteiger partial charge is 0.311 e. The van der Waals surface area contributed by atoms with Crippen LogP contribution >= 0.6 is 0 Å². The van der Waals surface area contributed by atoms with Crippen molar-refractivity contribution in [2.45, 2.75) is 171 Å². The Morgan fingerprint density at radius 1 is 0.659 bits per heavy atom. The van der Waals surface area contributed by atoms with Gasteiger partial charge >= 0.3 is 5.97 Å². The van der Waals surface area contributed by atoms with Crippen LogP contribution in [0, 0.1) is 5.92 Å². The molecule has 0 aromatic carbocycles. The fourth-order valence-corrected chi connectivity index (χ4v) is 5.55. The van der Waals surface area contributed by atoms with Crippen LogP contribution in [-0.2, 0) is 23.7 Å². The number of hydrogen-bond acceptors (Lipinski definition) is 13. The van der Waals surface area contributed by atoms with E-state index in [1.165, 1.54) is 64.7 Å². The third-order valence-electron chi connectivity index (χ3n) is 8.73. The largest absolute Gasteiger partial charge is 0.463 e. The molecule has 2 rings (SSSR count). The molecular weight excluding hydrogens is 580 g/mol. The molecule has 2 saturated heterocycles. The van der Waals surface area contributed by atoms with Gasteiger partial charge in [0.05, 0.1) is 18.6 Å². The van der Waals surface area contributed by atoms with E-state index in [-0.39, 0.29) is 0 Å². The van der Waals surface area contributed by atoms with Gasteiger partial charge in [0.25, 0.3) is 0 Å². The van der Waals surface area contributed by atoms with Gasteiger partial charge in [0.1, 0.15) is 55.4 Å². The summed E-state index contributed by atoms with van der Waals surface area (Å²) in [6.45, 7) is 2.53. The fourth-order valence-electron chi connectivity index (χ4n) is 5.55. The van der Waals surface area contributed by atoms with Crippen molar-refractivity contribution in [2.24, 2.45) is 5.92 Å². The van der Waals surface area contributed by atoms with Crippen LogP contribution in [-0.4, -0.2) is 128 Å². The molecule has 0 spiro atoms. The summed E-state index contributed by atoms with van der Waals surface area (Å²) in [5, 5.41) is 81.0. The normalized spacial score (nSPS) is 34.0. The van der Waals surface area contributed by atoms with Gasteiger partial charge in [-0.2, -0.15) is 0 Å². The highest BCUT2D eigenvalue weighted by atomic mass is 16.8. The molecule has 0 radical (unpaired) electrons. The maximum absolute atomic E-state index is 12.6. The molecule has 2 fully saturated rings. The molecule has 0 aliphatic carbocycles. The molecule has 0 aromatic rings.